The molecule has 0 aliphatic heterocycles. The van der Waals surface area contributed by atoms with E-state index in [1.54, 1.807) is 0 Å². The van der Waals surface area contributed by atoms with E-state index in [1.807, 2.05) is 6.92 Å². The Hall–Kier alpha value is -0.610. The minimum atomic E-state index is -0.490. The van der Waals surface area contributed by atoms with Gasteiger partial charge in [-0.25, -0.2) is 4.79 Å². The molecule has 0 bridgehead atoms. The zero-order chi connectivity index (χ0) is 15.7. The van der Waals surface area contributed by atoms with Gasteiger partial charge in [-0.2, -0.15) is 0 Å². The zero-order valence-corrected chi connectivity index (χ0v) is 14.4. The summed E-state index contributed by atoms with van der Waals surface area (Å²) in [7, 11) is 0. The van der Waals surface area contributed by atoms with Crippen molar-refractivity contribution in [3.05, 3.63) is 0 Å². The van der Waals surface area contributed by atoms with Gasteiger partial charge in [0.05, 0.1) is 6.61 Å². The van der Waals surface area contributed by atoms with E-state index in [9.17, 15) is 4.79 Å². The van der Waals surface area contributed by atoms with Crippen LogP contribution in [-0.2, 0) is 9.53 Å². The number of nitrogens with one attached hydrogen (secondary N) is 1. The summed E-state index contributed by atoms with van der Waals surface area (Å²) in [4.78, 5) is 15.1. The molecule has 124 valence electrons. The van der Waals surface area contributed by atoms with Crippen LogP contribution in [0.25, 0.3) is 0 Å². The summed E-state index contributed by atoms with van der Waals surface area (Å²) < 4.78 is 5.43. The van der Waals surface area contributed by atoms with E-state index < -0.39 is 5.54 Å². The third-order valence-corrected chi connectivity index (χ3v) is 4.16. The first-order chi connectivity index (χ1) is 10.1. The van der Waals surface area contributed by atoms with Crippen molar-refractivity contribution in [2.75, 3.05) is 32.8 Å². The van der Waals surface area contributed by atoms with Crippen LogP contribution in [0.5, 0.6) is 0 Å². The Morgan fingerprint density at radius 3 is 2.19 bits per heavy atom. The minimum absolute atomic E-state index is 0.0434. The SMILES string of the molecule is CCCNC(CN(CCC)CCC)(C(=O)OCC)C1CC1. The summed E-state index contributed by atoms with van der Waals surface area (Å²) in [5.74, 6) is 0.400. The molecule has 0 spiro atoms. The summed E-state index contributed by atoms with van der Waals surface area (Å²) >= 11 is 0. The van der Waals surface area contributed by atoms with Gasteiger partial charge < -0.3 is 15.0 Å². The Morgan fingerprint density at radius 1 is 1.14 bits per heavy atom. The Kier molecular flexibility index (Phi) is 8.27. The van der Waals surface area contributed by atoms with Crippen molar-refractivity contribution in [2.45, 2.75) is 65.3 Å². The van der Waals surface area contributed by atoms with Gasteiger partial charge in [-0.3, -0.25) is 0 Å². The summed E-state index contributed by atoms with van der Waals surface area (Å²) in [6, 6.07) is 0. The number of carbonyl (C=O) groups is 1. The molecule has 4 nitrogen and oxygen atoms in total. The molecule has 1 fully saturated rings. The van der Waals surface area contributed by atoms with Gasteiger partial charge in [0.25, 0.3) is 0 Å². The maximum atomic E-state index is 12.7. The second kappa shape index (κ2) is 9.42. The molecule has 0 radical (unpaired) electrons. The molecule has 0 aromatic rings. The quantitative estimate of drug-likeness (QED) is 0.563. The van der Waals surface area contributed by atoms with Gasteiger partial charge in [0.2, 0.25) is 0 Å². The largest absolute Gasteiger partial charge is 0.465 e. The van der Waals surface area contributed by atoms with Crippen LogP contribution in [0, 0.1) is 5.92 Å². The van der Waals surface area contributed by atoms with Crippen LogP contribution in [0.1, 0.15) is 59.8 Å². The third kappa shape index (κ3) is 5.26. The standard InChI is InChI=1S/C17H34N2O2/c1-5-11-18-17(15-9-10-15,16(20)21-8-4)14-19(12-6-2)13-7-3/h15,18H,5-14H2,1-4H3. The molecule has 4 heteroatoms. The molecule has 1 atom stereocenters. The Labute approximate surface area is 130 Å². The van der Waals surface area contributed by atoms with E-state index in [0.29, 0.717) is 12.5 Å². The van der Waals surface area contributed by atoms with Crippen molar-refractivity contribution < 1.29 is 9.53 Å². The van der Waals surface area contributed by atoms with E-state index in [2.05, 4.69) is 31.0 Å². The normalized spacial score (nSPS) is 17.8. The molecule has 0 amide bonds. The van der Waals surface area contributed by atoms with E-state index in [-0.39, 0.29) is 5.97 Å². The van der Waals surface area contributed by atoms with Gasteiger partial charge in [0, 0.05) is 6.54 Å². The van der Waals surface area contributed by atoms with Crippen molar-refractivity contribution >= 4 is 5.97 Å². The highest BCUT2D eigenvalue weighted by molar-refractivity contribution is 5.82. The first kappa shape index (κ1) is 18.4. The highest BCUT2D eigenvalue weighted by Crippen LogP contribution is 2.41. The molecule has 0 aromatic carbocycles. The lowest BCUT2D eigenvalue weighted by Gasteiger charge is -2.37. The van der Waals surface area contributed by atoms with Crippen LogP contribution < -0.4 is 5.32 Å². The van der Waals surface area contributed by atoms with E-state index in [4.69, 9.17) is 4.74 Å². The Morgan fingerprint density at radius 2 is 1.76 bits per heavy atom. The van der Waals surface area contributed by atoms with E-state index in [0.717, 1.165) is 58.3 Å². The fourth-order valence-corrected chi connectivity index (χ4v) is 3.07. The van der Waals surface area contributed by atoms with E-state index in [1.165, 1.54) is 0 Å². The second-order valence-electron chi connectivity index (χ2n) is 6.17. The Bertz CT molecular complexity index is 299. The van der Waals surface area contributed by atoms with Crippen molar-refractivity contribution in [3.63, 3.8) is 0 Å². The summed E-state index contributed by atoms with van der Waals surface area (Å²) in [5, 5.41) is 3.56. The molecule has 0 aromatic heterocycles. The summed E-state index contributed by atoms with van der Waals surface area (Å²) in [6.45, 7) is 12.7. The fraction of sp³-hybridized carbons (Fsp3) is 0.941. The lowest BCUT2D eigenvalue weighted by Crippen LogP contribution is -2.61. The number of esters is 1. The van der Waals surface area contributed by atoms with Gasteiger partial charge in [0.15, 0.2) is 0 Å². The van der Waals surface area contributed by atoms with Crippen molar-refractivity contribution in [3.8, 4) is 0 Å². The molecule has 1 N–H and O–H groups in total. The van der Waals surface area contributed by atoms with Gasteiger partial charge in [-0.15, -0.1) is 0 Å². The smallest absolute Gasteiger partial charge is 0.327 e. The predicted molar refractivity (Wildman–Crippen MR) is 87.4 cm³/mol. The van der Waals surface area contributed by atoms with Gasteiger partial charge in [-0.1, -0.05) is 20.8 Å². The molecule has 0 heterocycles. The number of carbonyl (C=O) groups excluding carboxylic acids is 1. The minimum Gasteiger partial charge on any atom is -0.465 e. The topological polar surface area (TPSA) is 41.6 Å². The van der Waals surface area contributed by atoms with Crippen LogP contribution in [0.2, 0.25) is 0 Å². The van der Waals surface area contributed by atoms with E-state index >= 15 is 0 Å². The molecule has 0 saturated heterocycles. The van der Waals surface area contributed by atoms with Crippen LogP contribution in [0.4, 0.5) is 0 Å². The maximum absolute atomic E-state index is 12.7. The summed E-state index contributed by atoms with van der Waals surface area (Å²) in [6.07, 6.45) is 5.56. The van der Waals surface area contributed by atoms with Crippen LogP contribution in [-0.4, -0.2) is 49.2 Å². The number of hydrogen-bond donors (Lipinski definition) is 1. The van der Waals surface area contributed by atoms with Crippen molar-refractivity contribution in [2.24, 2.45) is 5.92 Å². The van der Waals surface area contributed by atoms with Crippen LogP contribution in [0.3, 0.4) is 0 Å². The first-order valence-corrected chi connectivity index (χ1v) is 8.79. The highest BCUT2D eigenvalue weighted by atomic mass is 16.5. The molecule has 1 unspecified atom stereocenters. The molecule has 1 saturated carbocycles. The number of rotatable bonds is 12. The first-order valence-electron chi connectivity index (χ1n) is 8.79. The summed E-state index contributed by atoms with van der Waals surface area (Å²) in [5.41, 5.74) is -0.490. The van der Waals surface area contributed by atoms with Crippen LogP contribution >= 0.6 is 0 Å². The molecule has 1 aliphatic rings. The zero-order valence-electron chi connectivity index (χ0n) is 14.4. The third-order valence-electron chi connectivity index (χ3n) is 4.16. The maximum Gasteiger partial charge on any atom is 0.327 e. The van der Waals surface area contributed by atoms with Crippen molar-refractivity contribution in [1.29, 1.82) is 0 Å². The lowest BCUT2D eigenvalue weighted by molar-refractivity contribution is -0.153. The predicted octanol–water partition coefficient (Wildman–Crippen LogP) is 2.82. The second-order valence-corrected chi connectivity index (χ2v) is 6.17. The van der Waals surface area contributed by atoms with Gasteiger partial charge >= 0.3 is 5.97 Å². The number of hydrogen-bond acceptors (Lipinski definition) is 4. The Balaban J connectivity index is 2.88. The average molecular weight is 298 g/mol. The number of nitrogens with zero attached hydrogens (tertiary/aromatic N) is 1. The van der Waals surface area contributed by atoms with Crippen molar-refractivity contribution in [1.82, 2.24) is 10.2 Å². The molecule has 1 aliphatic carbocycles. The van der Waals surface area contributed by atoms with Gasteiger partial charge in [0.1, 0.15) is 5.54 Å². The number of ether oxygens (including phenoxy) is 1. The molecule has 1 rings (SSSR count). The lowest BCUT2D eigenvalue weighted by atomic mass is 9.91. The molecular weight excluding hydrogens is 264 g/mol. The average Bonchev–Trinajstić information content (AvgIpc) is 3.29. The molecular formula is C17H34N2O2. The van der Waals surface area contributed by atoms with Crippen LogP contribution in [0.15, 0.2) is 0 Å². The highest BCUT2D eigenvalue weighted by Gasteiger charge is 2.52. The monoisotopic (exact) mass is 298 g/mol. The molecule has 21 heavy (non-hydrogen) atoms. The fourth-order valence-electron chi connectivity index (χ4n) is 3.07. The van der Waals surface area contributed by atoms with Gasteiger partial charge in [-0.05, 0) is 64.6 Å².